The smallest absolute Gasteiger partial charge is 0.152 e. The van der Waals surface area contributed by atoms with Crippen LogP contribution in [0.2, 0.25) is 0 Å². The Morgan fingerprint density at radius 1 is 1.64 bits per heavy atom. The van der Waals surface area contributed by atoms with Crippen LogP contribution >= 0.6 is 27.5 Å². The average Bonchev–Trinajstić information content (AvgIpc) is 2.76. The number of hydrogen-bond acceptors (Lipinski definition) is 3. The van der Waals surface area contributed by atoms with Crippen molar-refractivity contribution < 1.29 is 0 Å². The van der Waals surface area contributed by atoms with Gasteiger partial charge < -0.3 is 0 Å². The molecule has 1 heterocycles. The summed E-state index contributed by atoms with van der Waals surface area (Å²) in [4.78, 5) is 0. The third-order valence-electron chi connectivity index (χ3n) is 1.89. The minimum atomic E-state index is 0.629. The molecule has 0 aromatic rings. The van der Waals surface area contributed by atoms with Crippen LogP contribution in [0, 0.1) is 0 Å². The molecule has 0 spiro atoms. The average molecular weight is 239 g/mol. The maximum absolute atomic E-state index is 5.93. The maximum Gasteiger partial charge on any atom is 0.152 e. The molecule has 1 aliphatic heterocycles. The third kappa shape index (κ3) is 1.23. The van der Waals surface area contributed by atoms with Gasteiger partial charge in [-0.2, -0.15) is 0 Å². The quantitative estimate of drug-likeness (QED) is 0.700. The highest BCUT2D eigenvalue weighted by atomic mass is 79.9. The Balaban J connectivity index is 2.09. The van der Waals surface area contributed by atoms with E-state index in [0.717, 1.165) is 9.76 Å². The normalized spacial score (nSPS) is 26.3. The Hall–Kier alpha value is 0.0700. The van der Waals surface area contributed by atoms with Crippen molar-refractivity contribution in [3.05, 3.63) is 9.76 Å². The SMILES string of the molecule is CN1C(Cl)=C(Br)NN1C1CC1. The second-order valence-electron chi connectivity index (χ2n) is 2.82. The van der Waals surface area contributed by atoms with Crippen molar-refractivity contribution in [3.8, 4) is 0 Å². The van der Waals surface area contributed by atoms with E-state index in [9.17, 15) is 0 Å². The summed E-state index contributed by atoms with van der Waals surface area (Å²) in [5.74, 6) is 0. The Bertz CT molecular complexity index is 214. The van der Waals surface area contributed by atoms with E-state index in [-0.39, 0.29) is 0 Å². The van der Waals surface area contributed by atoms with Gasteiger partial charge in [-0.1, -0.05) is 11.6 Å². The summed E-state index contributed by atoms with van der Waals surface area (Å²) in [6.07, 6.45) is 2.50. The van der Waals surface area contributed by atoms with Crippen LogP contribution in [0.4, 0.5) is 0 Å². The topological polar surface area (TPSA) is 18.5 Å². The molecule has 0 bridgehead atoms. The second-order valence-corrected chi connectivity index (χ2v) is 3.97. The lowest BCUT2D eigenvalue weighted by atomic mass is 10.7. The molecule has 1 saturated carbocycles. The Labute approximate surface area is 79.0 Å². The molecule has 3 nitrogen and oxygen atoms in total. The molecule has 0 aromatic carbocycles. The van der Waals surface area contributed by atoms with Crippen molar-refractivity contribution in [2.75, 3.05) is 7.05 Å². The number of nitrogens with zero attached hydrogens (tertiary/aromatic N) is 2. The first-order valence-electron chi connectivity index (χ1n) is 3.55. The molecule has 0 aromatic heterocycles. The summed E-state index contributed by atoms with van der Waals surface area (Å²) >= 11 is 9.27. The van der Waals surface area contributed by atoms with Crippen LogP contribution in [0.15, 0.2) is 9.76 Å². The minimum absolute atomic E-state index is 0.629. The molecule has 1 N–H and O–H groups in total. The standard InChI is InChI=1S/C6H9BrClN3/c1-10-6(8)5(7)9-11(10)4-2-3-4/h4,9H,2-3H2,1H3. The van der Waals surface area contributed by atoms with Crippen LogP contribution in [-0.4, -0.2) is 23.2 Å². The van der Waals surface area contributed by atoms with Gasteiger partial charge in [-0.25, -0.2) is 0 Å². The van der Waals surface area contributed by atoms with Gasteiger partial charge in [-0.15, -0.1) is 5.12 Å². The van der Waals surface area contributed by atoms with E-state index >= 15 is 0 Å². The predicted molar refractivity (Wildman–Crippen MR) is 47.6 cm³/mol. The van der Waals surface area contributed by atoms with E-state index in [1.165, 1.54) is 12.8 Å². The van der Waals surface area contributed by atoms with Gasteiger partial charge in [0.25, 0.3) is 0 Å². The first-order valence-corrected chi connectivity index (χ1v) is 4.72. The summed E-state index contributed by atoms with van der Waals surface area (Å²) in [7, 11) is 1.95. The van der Waals surface area contributed by atoms with Gasteiger partial charge in [0, 0.05) is 7.05 Å². The minimum Gasteiger partial charge on any atom is -0.292 e. The number of hydrogen-bond donors (Lipinski definition) is 1. The van der Waals surface area contributed by atoms with E-state index in [4.69, 9.17) is 11.6 Å². The fourth-order valence-corrected chi connectivity index (χ4v) is 1.68. The van der Waals surface area contributed by atoms with Gasteiger partial charge in [0.15, 0.2) is 5.16 Å². The monoisotopic (exact) mass is 237 g/mol. The first-order chi connectivity index (χ1) is 5.20. The fourth-order valence-electron chi connectivity index (χ4n) is 1.11. The number of nitrogens with one attached hydrogen (secondary N) is 1. The van der Waals surface area contributed by atoms with Crippen LogP contribution in [0.25, 0.3) is 0 Å². The summed E-state index contributed by atoms with van der Waals surface area (Å²) in [6, 6.07) is 0.629. The molecule has 2 aliphatic rings. The van der Waals surface area contributed by atoms with Crippen molar-refractivity contribution in [2.24, 2.45) is 0 Å². The summed E-state index contributed by atoms with van der Waals surface area (Å²) in [5.41, 5.74) is 3.14. The Morgan fingerprint density at radius 3 is 2.64 bits per heavy atom. The largest absolute Gasteiger partial charge is 0.292 e. The highest BCUT2D eigenvalue weighted by molar-refractivity contribution is 9.11. The number of hydrazine groups is 2. The molecule has 11 heavy (non-hydrogen) atoms. The van der Waals surface area contributed by atoms with Gasteiger partial charge in [0.1, 0.15) is 4.61 Å². The molecular weight excluding hydrogens is 229 g/mol. The lowest BCUT2D eigenvalue weighted by molar-refractivity contribution is 0.0168. The Kier molecular flexibility index (Phi) is 1.78. The fraction of sp³-hybridized carbons (Fsp3) is 0.667. The molecule has 0 atom stereocenters. The zero-order valence-electron chi connectivity index (χ0n) is 6.14. The molecule has 1 fully saturated rings. The van der Waals surface area contributed by atoms with Crippen LogP contribution < -0.4 is 5.43 Å². The second kappa shape index (κ2) is 2.54. The molecule has 0 radical (unpaired) electrons. The molecular formula is C6H9BrClN3. The first kappa shape index (κ1) is 7.71. The Morgan fingerprint density at radius 2 is 2.27 bits per heavy atom. The van der Waals surface area contributed by atoms with Crippen molar-refractivity contribution in [1.29, 1.82) is 0 Å². The number of halogens is 2. The van der Waals surface area contributed by atoms with Crippen LogP contribution in [-0.2, 0) is 0 Å². The van der Waals surface area contributed by atoms with Gasteiger partial charge >= 0.3 is 0 Å². The van der Waals surface area contributed by atoms with Gasteiger partial charge in [0.2, 0.25) is 0 Å². The van der Waals surface area contributed by atoms with Crippen molar-refractivity contribution in [3.63, 3.8) is 0 Å². The summed E-state index contributed by atoms with van der Waals surface area (Å²) < 4.78 is 0.855. The molecule has 0 saturated heterocycles. The maximum atomic E-state index is 5.93. The van der Waals surface area contributed by atoms with Crippen molar-refractivity contribution in [2.45, 2.75) is 18.9 Å². The van der Waals surface area contributed by atoms with E-state index in [1.54, 1.807) is 0 Å². The molecule has 0 unspecified atom stereocenters. The van der Waals surface area contributed by atoms with Crippen LogP contribution in [0.3, 0.4) is 0 Å². The van der Waals surface area contributed by atoms with Gasteiger partial charge in [-0.3, -0.25) is 10.4 Å². The van der Waals surface area contributed by atoms with Gasteiger partial charge in [-0.05, 0) is 28.8 Å². The summed E-state index contributed by atoms with van der Waals surface area (Å²) in [5, 5.41) is 4.69. The van der Waals surface area contributed by atoms with Crippen LogP contribution in [0.1, 0.15) is 12.8 Å². The lowest BCUT2D eigenvalue weighted by Gasteiger charge is -2.25. The van der Waals surface area contributed by atoms with E-state index in [1.807, 2.05) is 17.2 Å². The van der Waals surface area contributed by atoms with Gasteiger partial charge in [0.05, 0.1) is 6.04 Å². The third-order valence-corrected chi connectivity index (χ3v) is 3.11. The molecule has 1 aliphatic carbocycles. The predicted octanol–water partition coefficient (Wildman–Crippen LogP) is 1.58. The van der Waals surface area contributed by atoms with Crippen molar-refractivity contribution in [1.82, 2.24) is 15.6 Å². The molecule has 2 rings (SSSR count). The van der Waals surface area contributed by atoms with Crippen molar-refractivity contribution >= 4 is 27.5 Å². The van der Waals surface area contributed by atoms with E-state index in [2.05, 4.69) is 21.4 Å². The zero-order valence-corrected chi connectivity index (χ0v) is 8.48. The van der Waals surface area contributed by atoms with Crippen LogP contribution in [0.5, 0.6) is 0 Å². The molecule has 0 amide bonds. The zero-order chi connectivity index (χ0) is 8.01. The highest BCUT2D eigenvalue weighted by Gasteiger charge is 2.36. The molecule has 62 valence electrons. The number of rotatable bonds is 1. The highest BCUT2D eigenvalue weighted by Crippen LogP contribution is 2.34. The summed E-state index contributed by atoms with van der Waals surface area (Å²) in [6.45, 7) is 0. The lowest BCUT2D eigenvalue weighted by Crippen LogP contribution is -2.42. The molecule has 5 heteroatoms. The van der Waals surface area contributed by atoms with E-state index < -0.39 is 0 Å². The van der Waals surface area contributed by atoms with E-state index in [0.29, 0.717) is 6.04 Å².